The average Bonchev–Trinajstić information content (AvgIpc) is 2.77. The molecule has 0 radical (unpaired) electrons. The van der Waals surface area contributed by atoms with E-state index in [0.29, 0.717) is 25.6 Å². The molecule has 162 valence electrons. The summed E-state index contributed by atoms with van der Waals surface area (Å²) in [6, 6.07) is 18.3. The van der Waals surface area contributed by atoms with E-state index in [1.807, 2.05) is 42.5 Å². The van der Waals surface area contributed by atoms with Crippen LogP contribution in [0.5, 0.6) is 0 Å². The number of piperidine rings is 1. The van der Waals surface area contributed by atoms with Crippen molar-refractivity contribution in [2.24, 2.45) is 5.92 Å². The molecule has 0 unspecified atom stereocenters. The van der Waals surface area contributed by atoms with Crippen LogP contribution in [0.15, 0.2) is 65.6 Å². The second kappa shape index (κ2) is 8.99. The standard InChI is InChI=1S/C24H25ClN2O3S/c1-17-10-12-27(13-11-17)31(29,30)21-8-9-23(25)22(15-21)24(28)26-16-18-6-7-19-4-2-3-5-20(19)14-18/h2-9,14-15,17H,10-13,16H2,1H3,(H,26,28). The Morgan fingerprint density at radius 2 is 1.74 bits per heavy atom. The van der Waals surface area contributed by atoms with Gasteiger partial charge in [-0.2, -0.15) is 4.31 Å². The van der Waals surface area contributed by atoms with E-state index in [4.69, 9.17) is 11.6 Å². The van der Waals surface area contributed by atoms with Crippen molar-refractivity contribution in [3.63, 3.8) is 0 Å². The Morgan fingerprint density at radius 3 is 2.48 bits per heavy atom. The van der Waals surface area contributed by atoms with E-state index >= 15 is 0 Å². The molecule has 0 aromatic heterocycles. The number of rotatable bonds is 5. The summed E-state index contributed by atoms with van der Waals surface area (Å²) >= 11 is 6.24. The van der Waals surface area contributed by atoms with Crippen LogP contribution in [-0.4, -0.2) is 31.7 Å². The van der Waals surface area contributed by atoms with Gasteiger partial charge in [-0.25, -0.2) is 8.42 Å². The SMILES string of the molecule is CC1CCN(S(=O)(=O)c2ccc(Cl)c(C(=O)NCc3ccc4ccccc4c3)c2)CC1. The number of carbonyl (C=O) groups is 1. The highest BCUT2D eigenvalue weighted by Gasteiger charge is 2.29. The molecule has 3 aromatic carbocycles. The van der Waals surface area contributed by atoms with Gasteiger partial charge in [0.2, 0.25) is 10.0 Å². The molecule has 0 atom stereocenters. The summed E-state index contributed by atoms with van der Waals surface area (Å²) in [4.78, 5) is 12.9. The molecule has 0 aliphatic carbocycles. The maximum absolute atomic E-state index is 13.0. The van der Waals surface area contributed by atoms with Gasteiger partial charge in [-0.3, -0.25) is 4.79 Å². The van der Waals surface area contributed by atoms with E-state index < -0.39 is 15.9 Å². The fourth-order valence-electron chi connectivity index (χ4n) is 3.84. The minimum absolute atomic E-state index is 0.0994. The molecule has 1 saturated heterocycles. The molecule has 1 aliphatic rings. The molecule has 31 heavy (non-hydrogen) atoms. The molecule has 7 heteroatoms. The van der Waals surface area contributed by atoms with Crippen molar-refractivity contribution in [1.29, 1.82) is 0 Å². The summed E-state index contributed by atoms with van der Waals surface area (Å²) in [5.74, 6) is 0.121. The predicted octanol–water partition coefficient (Wildman–Crippen LogP) is 4.84. The van der Waals surface area contributed by atoms with Gasteiger partial charge in [0.25, 0.3) is 5.91 Å². The van der Waals surface area contributed by atoms with Gasteiger partial charge in [0.15, 0.2) is 0 Å². The van der Waals surface area contributed by atoms with Gasteiger partial charge in [-0.05, 0) is 59.4 Å². The van der Waals surface area contributed by atoms with Crippen LogP contribution in [-0.2, 0) is 16.6 Å². The van der Waals surface area contributed by atoms with E-state index in [0.717, 1.165) is 29.2 Å². The summed E-state index contributed by atoms with van der Waals surface area (Å²) in [5, 5.41) is 5.30. The number of sulfonamides is 1. The Kier molecular flexibility index (Phi) is 6.32. The zero-order valence-electron chi connectivity index (χ0n) is 17.3. The second-order valence-electron chi connectivity index (χ2n) is 8.09. The lowest BCUT2D eigenvalue weighted by molar-refractivity contribution is 0.0951. The molecule has 1 N–H and O–H groups in total. The first-order chi connectivity index (χ1) is 14.8. The lowest BCUT2D eigenvalue weighted by Crippen LogP contribution is -2.38. The van der Waals surface area contributed by atoms with Crippen LogP contribution in [0.25, 0.3) is 10.8 Å². The van der Waals surface area contributed by atoms with Crippen LogP contribution in [0.3, 0.4) is 0 Å². The van der Waals surface area contributed by atoms with Gasteiger partial charge in [0, 0.05) is 19.6 Å². The highest BCUT2D eigenvalue weighted by Crippen LogP contribution is 2.26. The highest BCUT2D eigenvalue weighted by molar-refractivity contribution is 7.89. The zero-order chi connectivity index (χ0) is 22.0. The number of hydrogen-bond donors (Lipinski definition) is 1. The number of benzene rings is 3. The van der Waals surface area contributed by atoms with Crippen LogP contribution in [0.2, 0.25) is 5.02 Å². The first-order valence-corrected chi connectivity index (χ1v) is 12.2. The number of hydrogen-bond acceptors (Lipinski definition) is 3. The molecule has 1 amide bonds. The zero-order valence-corrected chi connectivity index (χ0v) is 18.9. The number of fused-ring (bicyclic) bond motifs is 1. The maximum atomic E-state index is 13.0. The summed E-state index contributed by atoms with van der Waals surface area (Å²) in [6.45, 7) is 3.44. The molecule has 0 bridgehead atoms. The molecule has 1 aliphatic heterocycles. The minimum Gasteiger partial charge on any atom is -0.348 e. The Labute approximate surface area is 188 Å². The van der Waals surface area contributed by atoms with Crippen LogP contribution in [0.4, 0.5) is 0 Å². The summed E-state index contributed by atoms with van der Waals surface area (Å²) in [7, 11) is -3.65. The van der Waals surface area contributed by atoms with Crippen molar-refractivity contribution in [2.75, 3.05) is 13.1 Å². The van der Waals surface area contributed by atoms with Gasteiger partial charge < -0.3 is 5.32 Å². The third-order valence-corrected chi connectivity index (χ3v) is 8.05. The first-order valence-electron chi connectivity index (χ1n) is 10.4. The quantitative estimate of drug-likeness (QED) is 0.597. The van der Waals surface area contributed by atoms with E-state index in [-0.39, 0.29) is 15.5 Å². The summed E-state index contributed by atoms with van der Waals surface area (Å²) < 4.78 is 27.6. The maximum Gasteiger partial charge on any atom is 0.253 e. The Hall–Kier alpha value is -2.41. The molecule has 3 aromatic rings. The third kappa shape index (κ3) is 4.76. The molecule has 4 rings (SSSR count). The van der Waals surface area contributed by atoms with E-state index in [1.54, 1.807) is 0 Å². The Balaban J connectivity index is 1.51. The second-order valence-corrected chi connectivity index (χ2v) is 10.4. The number of halogens is 1. The average molecular weight is 457 g/mol. The normalized spacial score (nSPS) is 15.8. The van der Waals surface area contributed by atoms with E-state index in [1.165, 1.54) is 22.5 Å². The largest absolute Gasteiger partial charge is 0.348 e. The van der Waals surface area contributed by atoms with E-state index in [2.05, 4.69) is 12.2 Å². The number of carbonyl (C=O) groups excluding carboxylic acids is 1. The first kappa shape index (κ1) is 21.8. The van der Waals surface area contributed by atoms with Gasteiger partial charge in [0.05, 0.1) is 15.5 Å². The van der Waals surface area contributed by atoms with Crippen molar-refractivity contribution >= 4 is 38.3 Å². The Morgan fingerprint density at radius 1 is 1.03 bits per heavy atom. The fraction of sp³-hybridized carbons (Fsp3) is 0.292. The van der Waals surface area contributed by atoms with Crippen molar-refractivity contribution < 1.29 is 13.2 Å². The monoisotopic (exact) mass is 456 g/mol. The van der Waals surface area contributed by atoms with Gasteiger partial charge in [-0.15, -0.1) is 0 Å². The summed E-state index contributed by atoms with van der Waals surface area (Å²) in [5.41, 5.74) is 1.11. The number of nitrogens with zero attached hydrogens (tertiary/aromatic N) is 1. The molecule has 0 saturated carbocycles. The molecule has 0 spiro atoms. The van der Waals surface area contributed by atoms with Gasteiger partial charge in [-0.1, -0.05) is 54.9 Å². The molecular weight excluding hydrogens is 432 g/mol. The lowest BCUT2D eigenvalue weighted by atomic mass is 10.0. The molecule has 1 heterocycles. The van der Waals surface area contributed by atoms with Crippen LogP contribution >= 0.6 is 11.6 Å². The van der Waals surface area contributed by atoms with Crippen molar-refractivity contribution in [3.05, 3.63) is 76.8 Å². The highest BCUT2D eigenvalue weighted by atomic mass is 35.5. The van der Waals surface area contributed by atoms with Gasteiger partial charge >= 0.3 is 0 Å². The van der Waals surface area contributed by atoms with Crippen LogP contribution in [0.1, 0.15) is 35.7 Å². The molecular formula is C24H25ClN2O3S. The van der Waals surface area contributed by atoms with Crippen molar-refractivity contribution in [2.45, 2.75) is 31.2 Å². The third-order valence-electron chi connectivity index (χ3n) is 5.83. The fourth-order valence-corrected chi connectivity index (χ4v) is 5.54. The van der Waals surface area contributed by atoms with Crippen molar-refractivity contribution in [3.8, 4) is 0 Å². The minimum atomic E-state index is -3.65. The molecule has 5 nitrogen and oxygen atoms in total. The summed E-state index contributed by atoms with van der Waals surface area (Å²) in [6.07, 6.45) is 1.68. The predicted molar refractivity (Wildman–Crippen MR) is 124 cm³/mol. The van der Waals surface area contributed by atoms with Crippen LogP contribution in [0, 0.1) is 5.92 Å². The van der Waals surface area contributed by atoms with Crippen LogP contribution < -0.4 is 5.32 Å². The van der Waals surface area contributed by atoms with Crippen molar-refractivity contribution in [1.82, 2.24) is 9.62 Å². The van der Waals surface area contributed by atoms with E-state index in [9.17, 15) is 13.2 Å². The number of nitrogens with one attached hydrogen (secondary N) is 1. The lowest BCUT2D eigenvalue weighted by Gasteiger charge is -2.29. The molecule has 1 fully saturated rings. The van der Waals surface area contributed by atoms with Gasteiger partial charge in [0.1, 0.15) is 0 Å². The number of amides is 1. The topological polar surface area (TPSA) is 66.5 Å². The smallest absolute Gasteiger partial charge is 0.253 e. The Bertz CT molecular complexity index is 1220.